The van der Waals surface area contributed by atoms with E-state index < -0.39 is 5.97 Å². The first-order chi connectivity index (χ1) is 9.57. The third-order valence-corrected chi connectivity index (χ3v) is 4.39. The maximum Gasteiger partial charge on any atom is 0.335 e. The number of aromatic carboxylic acids is 1. The van der Waals surface area contributed by atoms with Crippen LogP contribution in [0.3, 0.4) is 0 Å². The SMILES string of the molecule is NCC1(C(=O)N2CCCc3cc(C(=O)O)ccc32)CC1. The Kier molecular flexibility index (Phi) is 3.01. The molecule has 0 saturated heterocycles. The Hall–Kier alpha value is -1.88. The highest BCUT2D eigenvalue weighted by atomic mass is 16.4. The molecule has 0 atom stereocenters. The standard InChI is InChI=1S/C15H18N2O3/c16-9-15(5-6-15)14(20)17-7-1-2-10-8-11(13(18)19)3-4-12(10)17/h3-4,8H,1-2,5-7,9,16H2,(H,18,19). The zero-order valence-corrected chi connectivity index (χ0v) is 11.3. The first kappa shape index (κ1) is 13.1. The zero-order valence-electron chi connectivity index (χ0n) is 11.3. The second-order valence-electron chi connectivity index (χ2n) is 5.69. The molecule has 0 aromatic heterocycles. The molecule has 0 bridgehead atoms. The fourth-order valence-corrected chi connectivity index (χ4v) is 2.88. The van der Waals surface area contributed by atoms with E-state index in [0.29, 0.717) is 13.1 Å². The molecule has 5 nitrogen and oxygen atoms in total. The summed E-state index contributed by atoms with van der Waals surface area (Å²) in [7, 11) is 0. The molecular formula is C15H18N2O3. The number of hydrogen-bond acceptors (Lipinski definition) is 3. The number of fused-ring (bicyclic) bond motifs is 1. The first-order valence-corrected chi connectivity index (χ1v) is 6.96. The summed E-state index contributed by atoms with van der Waals surface area (Å²) < 4.78 is 0. The lowest BCUT2D eigenvalue weighted by molar-refractivity contribution is -0.123. The van der Waals surface area contributed by atoms with E-state index in [1.165, 1.54) is 0 Å². The van der Waals surface area contributed by atoms with E-state index in [-0.39, 0.29) is 16.9 Å². The van der Waals surface area contributed by atoms with Crippen molar-refractivity contribution in [2.45, 2.75) is 25.7 Å². The molecule has 2 aliphatic rings. The van der Waals surface area contributed by atoms with Gasteiger partial charge in [-0.2, -0.15) is 0 Å². The van der Waals surface area contributed by atoms with Crippen molar-refractivity contribution in [1.82, 2.24) is 0 Å². The minimum Gasteiger partial charge on any atom is -0.478 e. The van der Waals surface area contributed by atoms with E-state index in [0.717, 1.165) is 36.9 Å². The molecule has 1 aliphatic carbocycles. The quantitative estimate of drug-likeness (QED) is 0.872. The van der Waals surface area contributed by atoms with E-state index in [1.807, 2.05) is 0 Å². The van der Waals surface area contributed by atoms with Crippen LogP contribution < -0.4 is 10.6 Å². The van der Waals surface area contributed by atoms with E-state index in [9.17, 15) is 9.59 Å². The van der Waals surface area contributed by atoms with Crippen LogP contribution in [0.4, 0.5) is 5.69 Å². The van der Waals surface area contributed by atoms with Gasteiger partial charge in [0.15, 0.2) is 0 Å². The first-order valence-electron chi connectivity index (χ1n) is 6.96. The molecule has 3 N–H and O–H groups in total. The number of carbonyl (C=O) groups is 2. The van der Waals surface area contributed by atoms with Gasteiger partial charge in [0.25, 0.3) is 0 Å². The predicted molar refractivity (Wildman–Crippen MR) is 74.8 cm³/mol. The lowest BCUT2D eigenvalue weighted by Crippen LogP contribution is -2.43. The van der Waals surface area contributed by atoms with Gasteiger partial charge in [-0.25, -0.2) is 4.79 Å². The van der Waals surface area contributed by atoms with Gasteiger partial charge in [-0.05, 0) is 49.4 Å². The van der Waals surface area contributed by atoms with Crippen LogP contribution in [0.5, 0.6) is 0 Å². The summed E-state index contributed by atoms with van der Waals surface area (Å²) in [5, 5.41) is 9.04. The van der Waals surface area contributed by atoms with Crippen molar-refractivity contribution < 1.29 is 14.7 Å². The number of nitrogens with zero attached hydrogens (tertiary/aromatic N) is 1. The minimum absolute atomic E-state index is 0.101. The van der Waals surface area contributed by atoms with Crippen molar-refractivity contribution in [2.75, 3.05) is 18.0 Å². The van der Waals surface area contributed by atoms with Crippen LogP contribution in [-0.4, -0.2) is 30.1 Å². The third kappa shape index (κ3) is 1.98. The Balaban J connectivity index is 1.94. The molecule has 1 saturated carbocycles. The summed E-state index contributed by atoms with van der Waals surface area (Å²) in [5.74, 6) is -0.833. The van der Waals surface area contributed by atoms with E-state index in [1.54, 1.807) is 23.1 Å². The molecule has 1 aliphatic heterocycles. The number of aryl methyl sites for hydroxylation is 1. The van der Waals surface area contributed by atoms with E-state index >= 15 is 0 Å². The molecule has 20 heavy (non-hydrogen) atoms. The number of carbonyl (C=O) groups excluding carboxylic acids is 1. The fourth-order valence-electron chi connectivity index (χ4n) is 2.88. The lowest BCUT2D eigenvalue weighted by Gasteiger charge is -2.32. The molecule has 1 heterocycles. The topological polar surface area (TPSA) is 83.6 Å². The molecule has 3 rings (SSSR count). The average Bonchev–Trinajstić information content (AvgIpc) is 3.26. The molecule has 5 heteroatoms. The number of anilines is 1. The fraction of sp³-hybridized carbons (Fsp3) is 0.467. The molecule has 1 aromatic carbocycles. The number of carboxylic acid groups (broad SMARTS) is 1. The number of carboxylic acids is 1. The Morgan fingerprint density at radius 3 is 2.70 bits per heavy atom. The molecule has 1 fully saturated rings. The number of benzene rings is 1. The Morgan fingerprint density at radius 1 is 1.35 bits per heavy atom. The van der Waals surface area contributed by atoms with E-state index in [4.69, 9.17) is 10.8 Å². The highest BCUT2D eigenvalue weighted by Gasteiger charge is 2.51. The van der Waals surface area contributed by atoms with Gasteiger partial charge in [-0.3, -0.25) is 4.79 Å². The van der Waals surface area contributed by atoms with Crippen LogP contribution in [0, 0.1) is 5.41 Å². The summed E-state index contributed by atoms with van der Waals surface area (Å²) in [6.45, 7) is 1.09. The largest absolute Gasteiger partial charge is 0.478 e. The molecule has 0 radical (unpaired) electrons. The van der Waals surface area contributed by atoms with Gasteiger partial charge in [-0.1, -0.05) is 0 Å². The maximum absolute atomic E-state index is 12.6. The number of nitrogens with two attached hydrogens (primary N) is 1. The molecule has 1 aromatic rings. The average molecular weight is 274 g/mol. The summed E-state index contributed by atoms with van der Waals surface area (Å²) in [5.41, 5.74) is 7.44. The second kappa shape index (κ2) is 4.59. The van der Waals surface area contributed by atoms with Crippen molar-refractivity contribution >= 4 is 17.6 Å². The van der Waals surface area contributed by atoms with Gasteiger partial charge in [-0.15, -0.1) is 0 Å². The summed E-state index contributed by atoms with van der Waals surface area (Å²) in [6, 6.07) is 5.00. The maximum atomic E-state index is 12.6. The van der Waals surface area contributed by atoms with Gasteiger partial charge in [0.2, 0.25) is 5.91 Å². The van der Waals surface area contributed by atoms with Crippen LogP contribution in [0.1, 0.15) is 35.2 Å². The van der Waals surface area contributed by atoms with Crippen molar-refractivity contribution in [1.29, 1.82) is 0 Å². The van der Waals surface area contributed by atoms with Crippen molar-refractivity contribution in [2.24, 2.45) is 11.1 Å². The summed E-state index contributed by atoms with van der Waals surface area (Å²) in [4.78, 5) is 25.4. The Labute approximate surface area is 117 Å². The smallest absolute Gasteiger partial charge is 0.335 e. The van der Waals surface area contributed by atoms with Gasteiger partial charge >= 0.3 is 5.97 Å². The minimum atomic E-state index is -0.933. The van der Waals surface area contributed by atoms with Gasteiger partial charge in [0.05, 0.1) is 11.0 Å². The summed E-state index contributed by atoms with van der Waals surface area (Å²) in [6.07, 6.45) is 3.40. The second-order valence-corrected chi connectivity index (χ2v) is 5.69. The van der Waals surface area contributed by atoms with Gasteiger partial charge in [0, 0.05) is 18.8 Å². The molecule has 0 spiro atoms. The third-order valence-electron chi connectivity index (χ3n) is 4.39. The monoisotopic (exact) mass is 274 g/mol. The normalized spacial score (nSPS) is 19.4. The van der Waals surface area contributed by atoms with Crippen LogP contribution in [-0.2, 0) is 11.2 Å². The molecular weight excluding hydrogens is 256 g/mol. The Bertz CT molecular complexity index is 578. The number of amides is 1. The van der Waals surface area contributed by atoms with Crippen LogP contribution >= 0.6 is 0 Å². The lowest BCUT2D eigenvalue weighted by atomic mass is 9.96. The Morgan fingerprint density at radius 2 is 2.10 bits per heavy atom. The number of rotatable bonds is 3. The van der Waals surface area contributed by atoms with E-state index in [2.05, 4.69) is 0 Å². The van der Waals surface area contributed by atoms with Crippen molar-refractivity contribution in [3.8, 4) is 0 Å². The summed E-state index contributed by atoms with van der Waals surface area (Å²) >= 11 is 0. The molecule has 106 valence electrons. The van der Waals surface area contributed by atoms with Crippen LogP contribution in [0.25, 0.3) is 0 Å². The van der Waals surface area contributed by atoms with Crippen LogP contribution in [0.15, 0.2) is 18.2 Å². The van der Waals surface area contributed by atoms with Crippen LogP contribution in [0.2, 0.25) is 0 Å². The highest BCUT2D eigenvalue weighted by molar-refractivity contribution is 6.01. The van der Waals surface area contributed by atoms with Gasteiger partial charge in [0.1, 0.15) is 0 Å². The van der Waals surface area contributed by atoms with Crippen molar-refractivity contribution in [3.05, 3.63) is 29.3 Å². The van der Waals surface area contributed by atoms with Crippen molar-refractivity contribution in [3.63, 3.8) is 0 Å². The van der Waals surface area contributed by atoms with Gasteiger partial charge < -0.3 is 15.7 Å². The zero-order chi connectivity index (χ0) is 14.3. The predicted octanol–water partition coefficient (Wildman–Crippen LogP) is 1.40. The molecule has 0 unspecified atom stereocenters. The highest BCUT2D eigenvalue weighted by Crippen LogP contribution is 2.47. The molecule has 1 amide bonds. The number of hydrogen-bond donors (Lipinski definition) is 2.